The van der Waals surface area contributed by atoms with Gasteiger partial charge < -0.3 is 10.1 Å². The molecule has 0 atom stereocenters. The third kappa shape index (κ3) is 4.87. The minimum Gasteiger partial charge on any atom is -0.369 e. The first kappa shape index (κ1) is 16.5. The molecule has 4 nitrogen and oxygen atoms in total. The molecule has 0 saturated heterocycles. The molecule has 0 spiro atoms. The molecule has 0 saturated carbocycles. The van der Waals surface area contributed by atoms with Crippen LogP contribution >= 0.6 is 0 Å². The van der Waals surface area contributed by atoms with Gasteiger partial charge in [-0.25, -0.2) is 4.98 Å². The van der Waals surface area contributed by atoms with Crippen molar-refractivity contribution in [1.29, 1.82) is 0 Å². The first-order valence-corrected chi connectivity index (χ1v) is 5.83. The normalized spacial score (nSPS) is 12.5. The number of alkyl halides is 5. The molecule has 1 heterocycles. The van der Waals surface area contributed by atoms with Gasteiger partial charge >= 0.3 is 12.1 Å². The van der Waals surface area contributed by atoms with Crippen molar-refractivity contribution in [2.24, 2.45) is 0 Å². The van der Waals surface area contributed by atoms with Crippen LogP contribution in [0.15, 0.2) is 12.4 Å². The van der Waals surface area contributed by atoms with E-state index in [0.717, 1.165) is 6.42 Å². The van der Waals surface area contributed by atoms with Gasteiger partial charge in [0.1, 0.15) is 12.4 Å². The topological polar surface area (TPSA) is 47.0 Å². The molecular formula is C11H14F5N3O. The van der Waals surface area contributed by atoms with Crippen molar-refractivity contribution in [3.8, 4) is 0 Å². The van der Waals surface area contributed by atoms with Crippen molar-refractivity contribution in [3.05, 3.63) is 18.1 Å². The lowest BCUT2D eigenvalue weighted by Crippen LogP contribution is -2.40. The van der Waals surface area contributed by atoms with Crippen LogP contribution in [-0.2, 0) is 11.3 Å². The zero-order chi connectivity index (χ0) is 15.2. The highest BCUT2D eigenvalue weighted by molar-refractivity contribution is 5.30. The maximum absolute atomic E-state index is 12.5. The number of halogens is 5. The van der Waals surface area contributed by atoms with E-state index in [1.54, 1.807) is 0 Å². The van der Waals surface area contributed by atoms with Crippen molar-refractivity contribution in [2.75, 3.05) is 18.5 Å². The molecule has 0 amide bonds. The van der Waals surface area contributed by atoms with E-state index in [-0.39, 0.29) is 5.69 Å². The predicted octanol–water partition coefficient (Wildman–Crippen LogP) is 3.01. The average Bonchev–Trinajstić information content (AvgIpc) is 2.36. The molecule has 0 aromatic carbocycles. The number of anilines is 1. The molecule has 0 aliphatic carbocycles. The van der Waals surface area contributed by atoms with Gasteiger partial charge in [0, 0.05) is 6.54 Å². The van der Waals surface area contributed by atoms with Crippen molar-refractivity contribution < 1.29 is 26.7 Å². The number of ether oxygens (including phenoxy) is 1. The van der Waals surface area contributed by atoms with E-state index < -0.39 is 25.3 Å². The Morgan fingerprint density at radius 1 is 1.15 bits per heavy atom. The summed E-state index contributed by atoms with van der Waals surface area (Å²) in [6, 6.07) is 0. The molecule has 1 aromatic rings. The van der Waals surface area contributed by atoms with E-state index in [0.29, 0.717) is 12.4 Å². The molecule has 0 fully saturated rings. The van der Waals surface area contributed by atoms with Gasteiger partial charge in [0.25, 0.3) is 0 Å². The number of nitrogens with zero attached hydrogens (tertiary/aromatic N) is 2. The lowest BCUT2D eigenvalue weighted by atomic mass is 10.3. The maximum Gasteiger partial charge on any atom is 0.455 e. The summed E-state index contributed by atoms with van der Waals surface area (Å²) >= 11 is 0. The van der Waals surface area contributed by atoms with Crippen LogP contribution in [0.2, 0.25) is 0 Å². The van der Waals surface area contributed by atoms with Crippen LogP contribution in [0.5, 0.6) is 0 Å². The summed E-state index contributed by atoms with van der Waals surface area (Å²) in [4.78, 5) is 7.75. The van der Waals surface area contributed by atoms with E-state index in [4.69, 9.17) is 0 Å². The summed E-state index contributed by atoms with van der Waals surface area (Å²) in [5, 5.41) is 2.94. The van der Waals surface area contributed by atoms with E-state index in [1.807, 2.05) is 6.92 Å². The fourth-order valence-corrected chi connectivity index (χ4v) is 1.14. The number of aromatic nitrogens is 2. The first-order chi connectivity index (χ1) is 9.26. The number of hydrogen-bond donors (Lipinski definition) is 1. The highest BCUT2D eigenvalue weighted by Crippen LogP contribution is 2.35. The van der Waals surface area contributed by atoms with Gasteiger partial charge in [-0.1, -0.05) is 6.92 Å². The molecule has 0 bridgehead atoms. The Labute approximate surface area is 112 Å². The van der Waals surface area contributed by atoms with Crippen LogP contribution in [0.4, 0.5) is 27.8 Å². The third-order valence-corrected chi connectivity index (χ3v) is 2.21. The molecular weight excluding hydrogens is 285 g/mol. The van der Waals surface area contributed by atoms with Gasteiger partial charge in [-0.3, -0.25) is 4.98 Å². The standard InChI is InChI=1S/C11H14F5N3O/c1-2-3-17-9-5-18-8(4-19-9)6-20-7-10(12,13)11(14,15)16/h4-5H,2-3,6-7H2,1H3,(H,17,19). The summed E-state index contributed by atoms with van der Waals surface area (Å²) in [5.74, 6) is -4.38. The quantitative estimate of drug-likeness (QED) is 0.786. The van der Waals surface area contributed by atoms with E-state index in [1.165, 1.54) is 12.4 Å². The largest absolute Gasteiger partial charge is 0.455 e. The lowest BCUT2D eigenvalue weighted by molar-refractivity contribution is -0.297. The fraction of sp³-hybridized carbons (Fsp3) is 0.636. The van der Waals surface area contributed by atoms with Crippen LogP contribution in [0, 0.1) is 0 Å². The van der Waals surface area contributed by atoms with Gasteiger partial charge in [0.2, 0.25) is 0 Å². The summed E-state index contributed by atoms with van der Waals surface area (Å²) in [6.07, 6.45) is -2.12. The highest BCUT2D eigenvalue weighted by Gasteiger charge is 2.57. The molecule has 1 aromatic heterocycles. The molecule has 0 aliphatic heterocycles. The van der Waals surface area contributed by atoms with Crippen molar-refractivity contribution in [3.63, 3.8) is 0 Å². The van der Waals surface area contributed by atoms with Gasteiger partial charge in [-0.05, 0) is 6.42 Å². The van der Waals surface area contributed by atoms with Crippen LogP contribution in [0.3, 0.4) is 0 Å². The van der Waals surface area contributed by atoms with Gasteiger partial charge in [-0.2, -0.15) is 22.0 Å². The Balaban J connectivity index is 2.43. The molecule has 9 heteroatoms. The smallest absolute Gasteiger partial charge is 0.369 e. The van der Waals surface area contributed by atoms with Crippen molar-refractivity contribution >= 4 is 5.82 Å². The third-order valence-electron chi connectivity index (χ3n) is 2.21. The molecule has 20 heavy (non-hydrogen) atoms. The second-order valence-electron chi connectivity index (χ2n) is 4.01. The lowest BCUT2D eigenvalue weighted by Gasteiger charge is -2.19. The highest BCUT2D eigenvalue weighted by atomic mass is 19.4. The Bertz CT molecular complexity index is 408. The number of rotatable bonds is 7. The Morgan fingerprint density at radius 3 is 2.35 bits per heavy atom. The Hall–Kier alpha value is -1.51. The second kappa shape index (κ2) is 6.78. The van der Waals surface area contributed by atoms with Crippen molar-refractivity contribution in [2.45, 2.75) is 32.1 Å². The molecule has 1 rings (SSSR count). The van der Waals surface area contributed by atoms with Crippen LogP contribution < -0.4 is 5.32 Å². The van der Waals surface area contributed by atoms with Crippen molar-refractivity contribution in [1.82, 2.24) is 9.97 Å². The monoisotopic (exact) mass is 299 g/mol. The van der Waals surface area contributed by atoms with Gasteiger partial charge in [-0.15, -0.1) is 0 Å². The van der Waals surface area contributed by atoms with Gasteiger partial charge in [0.05, 0.1) is 24.7 Å². The first-order valence-electron chi connectivity index (χ1n) is 5.83. The molecule has 0 unspecified atom stereocenters. The minimum absolute atomic E-state index is 0.171. The molecule has 0 radical (unpaired) electrons. The maximum atomic E-state index is 12.5. The molecule has 0 aliphatic rings. The summed E-state index contributed by atoms with van der Waals surface area (Å²) < 4.78 is 65.0. The fourth-order valence-electron chi connectivity index (χ4n) is 1.14. The SMILES string of the molecule is CCCNc1cnc(COCC(F)(F)C(F)(F)F)cn1. The second-order valence-corrected chi connectivity index (χ2v) is 4.01. The Morgan fingerprint density at radius 2 is 1.85 bits per heavy atom. The zero-order valence-corrected chi connectivity index (χ0v) is 10.7. The Kier molecular flexibility index (Phi) is 5.61. The number of nitrogens with one attached hydrogen (secondary N) is 1. The van der Waals surface area contributed by atoms with E-state index >= 15 is 0 Å². The van der Waals surface area contributed by atoms with Crippen LogP contribution in [0.1, 0.15) is 19.0 Å². The molecule has 114 valence electrons. The summed E-state index contributed by atoms with van der Waals surface area (Å²) in [7, 11) is 0. The molecule has 1 N–H and O–H groups in total. The summed E-state index contributed by atoms with van der Waals surface area (Å²) in [5.41, 5.74) is 0.171. The minimum atomic E-state index is -5.62. The van der Waals surface area contributed by atoms with Crippen LogP contribution in [-0.4, -0.2) is 35.2 Å². The predicted molar refractivity (Wildman–Crippen MR) is 61.5 cm³/mol. The van der Waals surface area contributed by atoms with Gasteiger partial charge in [0.15, 0.2) is 0 Å². The van der Waals surface area contributed by atoms with E-state index in [9.17, 15) is 22.0 Å². The zero-order valence-electron chi connectivity index (χ0n) is 10.7. The van der Waals surface area contributed by atoms with E-state index in [2.05, 4.69) is 20.0 Å². The van der Waals surface area contributed by atoms with Crippen LogP contribution in [0.25, 0.3) is 0 Å². The average molecular weight is 299 g/mol. The summed E-state index contributed by atoms with van der Waals surface area (Å²) in [6.45, 7) is 0.451. The number of hydrogen-bond acceptors (Lipinski definition) is 4.